The molecule has 0 unspecified atom stereocenters. The van der Waals surface area contributed by atoms with Crippen LogP contribution in [-0.2, 0) is 14.4 Å². The summed E-state index contributed by atoms with van der Waals surface area (Å²) in [7, 11) is 3.16. The summed E-state index contributed by atoms with van der Waals surface area (Å²) in [6.45, 7) is 0.520. The number of hydrogen-bond donors (Lipinski definition) is 3. The van der Waals surface area contributed by atoms with Gasteiger partial charge in [0.15, 0.2) is 0 Å². The number of primary amides is 1. The molecule has 0 fully saturated rings. The van der Waals surface area contributed by atoms with Crippen molar-refractivity contribution in [3.8, 4) is 0 Å². The topological polar surface area (TPSA) is 119 Å². The molecule has 114 valence electrons. The van der Waals surface area contributed by atoms with Gasteiger partial charge in [0.1, 0.15) is 6.04 Å². The van der Waals surface area contributed by atoms with E-state index in [2.05, 4.69) is 5.32 Å². The normalized spacial score (nSPS) is 10.5. The number of halogens is 2. The van der Waals surface area contributed by atoms with Crippen molar-refractivity contribution < 1.29 is 14.4 Å². The molecular formula is C10H22Cl2N4O3. The van der Waals surface area contributed by atoms with Crippen molar-refractivity contribution in [2.75, 3.05) is 20.6 Å². The van der Waals surface area contributed by atoms with Crippen LogP contribution in [0.25, 0.3) is 0 Å². The van der Waals surface area contributed by atoms with Gasteiger partial charge in [-0.05, 0) is 25.8 Å². The van der Waals surface area contributed by atoms with E-state index in [9.17, 15) is 14.4 Å². The highest BCUT2D eigenvalue weighted by atomic mass is 35.5. The number of hydrogen-bond acceptors (Lipinski definition) is 4. The number of carbonyl (C=O) groups excluding carboxylic acids is 3. The zero-order chi connectivity index (χ0) is 13.4. The second-order valence-electron chi connectivity index (χ2n) is 3.91. The first-order valence-electron chi connectivity index (χ1n) is 5.41. The van der Waals surface area contributed by atoms with Gasteiger partial charge in [0.05, 0.1) is 0 Å². The Morgan fingerprint density at radius 2 is 1.68 bits per heavy atom. The second kappa shape index (κ2) is 12.0. The summed E-state index contributed by atoms with van der Waals surface area (Å²) >= 11 is 0. The Morgan fingerprint density at radius 1 is 1.16 bits per heavy atom. The van der Waals surface area contributed by atoms with Gasteiger partial charge >= 0.3 is 11.8 Å². The highest BCUT2D eigenvalue weighted by molar-refractivity contribution is 6.34. The summed E-state index contributed by atoms with van der Waals surface area (Å²) in [6.07, 6.45) is 1.89. The Hall–Kier alpha value is -1.05. The number of carbonyl (C=O) groups is 3. The quantitative estimate of drug-likeness (QED) is 0.431. The Labute approximate surface area is 125 Å². The maximum absolute atomic E-state index is 11.7. The van der Waals surface area contributed by atoms with Gasteiger partial charge in [-0.15, -0.1) is 24.8 Å². The van der Waals surface area contributed by atoms with Crippen LogP contribution in [0.3, 0.4) is 0 Å². The van der Waals surface area contributed by atoms with E-state index < -0.39 is 17.9 Å². The molecule has 0 heterocycles. The van der Waals surface area contributed by atoms with E-state index >= 15 is 0 Å². The van der Waals surface area contributed by atoms with Gasteiger partial charge in [-0.3, -0.25) is 14.4 Å². The molecule has 0 spiro atoms. The first-order valence-corrected chi connectivity index (χ1v) is 5.41. The Bertz CT molecular complexity index is 300. The van der Waals surface area contributed by atoms with Crippen LogP contribution in [0.4, 0.5) is 0 Å². The molecule has 0 aromatic rings. The minimum absolute atomic E-state index is 0. The third-order valence-corrected chi connectivity index (χ3v) is 2.21. The summed E-state index contributed by atoms with van der Waals surface area (Å²) in [4.78, 5) is 34.8. The third-order valence-electron chi connectivity index (χ3n) is 2.21. The smallest absolute Gasteiger partial charge is 0.309 e. The predicted molar refractivity (Wildman–Crippen MR) is 77.2 cm³/mol. The van der Waals surface area contributed by atoms with Crippen LogP contribution in [-0.4, -0.2) is 49.3 Å². The van der Waals surface area contributed by atoms with Crippen LogP contribution in [0.2, 0.25) is 0 Å². The zero-order valence-electron chi connectivity index (χ0n) is 11.0. The first-order chi connectivity index (χ1) is 7.90. The molecule has 3 amide bonds. The average Bonchev–Trinajstić information content (AvgIpc) is 2.26. The van der Waals surface area contributed by atoms with Crippen LogP contribution in [0.1, 0.15) is 19.3 Å². The molecule has 1 atom stereocenters. The van der Waals surface area contributed by atoms with Crippen molar-refractivity contribution >= 4 is 42.5 Å². The summed E-state index contributed by atoms with van der Waals surface area (Å²) < 4.78 is 0. The van der Waals surface area contributed by atoms with Gasteiger partial charge < -0.3 is 21.7 Å². The molecule has 0 bridgehead atoms. The standard InChI is InChI=1S/C10H20N4O3.2ClH/c1-14(2)10(17)7(5-3-4-6-11)13-9(16)8(12)15;;/h7H,3-6,11H2,1-2H3,(H2,12,15)(H,13,16);2*1H/t7-;;/m0../s1. The van der Waals surface area contributed by atoms with Gasteiger partial charge in [-0.1, -0.05) is 0 Å². The second-order valence-corrected chi connectivity index (χ2v) is 3.91. The van der Waals surface area contributed by atoms with E-state index in [1.165, 1.54) is 4.90 Å². The molecular weight excluding hydrogens is 295 g/mol. The highest BCUT2D eigenvalue weighted by Gasteiger charge is 2.23. The number of amides is 3. The van der Waals surface area contributed by atoms with Crippen molar-refractivity contribution in [3.63, 3.8) is 0 Å². The lowest BCUT2D eigenvalue weighted by Gasteiger charge is -2.20. The Kier molecular flexibility index (Phi) is 14.6. The van der Waals surface area contributed by atoms with E-state index in [4.69, 9.17) is 11.5 Å². The van der Waals surface area contributed by atoms with Crippen LogP contribution in [0.15, 0.2) is 0 Å². The fourth-order valence-corrected chi connectivity index (χ4v) is 1.29. The van der Waals surface area contributed by atoms with E-state index in [0.717, 1.165) is 6.42 Å². The minimum atomic E-state index is -1.10. The van der Waals surface area contributed by atoms with Gasteiger partial charge in [0, 0.05) is 14.1 Å². The minimum Gasteiger partial charge on any atom is -0.361 e. The fraction of sp³-hybridized carbons (Fsp3) is 0.700. The molecule has 5 N–H and O–H groups in total. The molecule has 0 saturated carbocycles. The Balaban J connectivity index is -0.00000128. The van der Waals surface area contributed by atoms with Crippen LogP contribution in [0.5, 0.6) is 0 Å². The number of nitrogens with two attached hydrogens (primary N) is 2. The predicted octanol–water partition coefficient (Wildman–Crippen LogP) is -0.983. The summed E-state index contributed by atoms with van der Waals surface area (Å²) in [5.41, 5.74) is 10.2. The maximum Gasteiger partial charge on any atom is 0.309 e. The van der Waals surface area contributed by atoms with E-state index in [-0.39, 0.29) is 30.7 Å². The number of rotatable bonds is 6. The average molecular weight is 317 g/mol. The van der Waals surface area contributed by atoms with Gasteiger partial charge in [-0.25, -0.2) is 0 Å². The summed E-state index contributed by atoms with van der Waals surface area (Å²) in [5.74, 6) is -2.31. The molecule has 0 rings (SSSR count). The molecule has 0 aromatic heterocycles. The lowest BCUT2D eigenvalue weighted by atomic mass is 10.1. The van der Waals surface area contributed by atoms with Gasteiger partial charge in [0.2, 0.25) is 5.91 Å². The molecule has 19 heavy (non-hydrogen) atoms. The Morgan fingerprint density at radius 3 is 2.05 bits per heavy atom. The van der Waals surface area contributed by atoms with Crippen LogP contribution < -0.4 is 16.8 Å². The van der Waals surface area contributed by atoms with Gasteiger partial charge in [0.25, 0.3) is 0 Å². The first kappa shape index (κ1) is 23.1. The fourth-order valence-electron chi connectivity index (χ4n) is 1.29. The molecule has 9 heteroatoms. The van der Waals surface area contributed by atoms with E-state index in [1.807, 2.05) is 0 Å². The molecule has 0 aliphatic heterocycles. The number of nitrogens with zero attached hydrogens (tertiary/aromatic N) is 1. The summed E-state index contributed by atoms with van der Waals surface area (Å²) in [5, 5.41) is 2.31. The van der Waals surface area contributed by atoms with Crippen molar-refractivity contribution in [2.24, 2.45) is 11.5 Å². The van der Waals surface area contributed by atoms with Crippen molar-refractivity contribution in [2.45, 2.75) is 25.3 Å². The molecule has 0 aliphatic carbocycles. The summed E-state index contributed by atoms with van der Waals surface area (Å²) in [6, 6.07) is -0.725. The SMILES string of the molecule is CN(C)C(=O)[C@H](CCCCN)NC(=O)C(N)=O.Cl.Cl. The molecule has 0 saturated heterocycles. The highest BCUT2D eigenvalue weighted by Crippen LogP contribution is 2.03. The lowest BCUT2D eigenvalue weighted by Crippen LogP contribution is -2.49. The van der Waals surface area contributed by atoms with E-state index in [1.54, 1.807) is 14.1 Å². The lowest BCUT2D eigenvalue weighted by molar-refractivity contribution is -0.140. The molecule has 0 radical (unpaired) electrons. The van der Waals surface area contributed by atoms with E-state index in [0.29, 0.717) is 19.4 Å². The largest absolute Gasteiger partial charge is 0.361 e. The van der Waals surface area contributed by atoms with Crippen molar-refractivity contribution in [1.29, 1.82) is 0 Å². The number of nitrogens with one attached hydrogen (secondary N) is 1. The number of unbranched alkanes of at least 4 members (excludes halogenated alkanes) is 1. The monoisotopic (exact) mass is 316 g/mol. The van der Waals surface area contributed by atoms with Crippen LogP contribution in [0, 0.1) is 0 Å². The van der Waals surface area contributed by atoms with Crippen molar-refractivity contribution in [3.05, 3.63) is 0 Å². The molecule has 0 aromatic carbocycles. The number of likely N-dealkylation sites (N-methyl/N-ethyl adjacent to an activating group) is 1. The van der Waals surface area contributed by atoms with Crippen LogP contribution >= 0.6 is 24.8 Å². The molecule has 0 aliphatic rings. The zero-order valence-corrected chi connectivity index (χ0v) is 12.7. The van der Waals surface area contributed by atoms with Crippen molar-refractivity contribution in [1.82, 2.24) is 10.2 Å². The molecule has 7 nitrogen and oxygen atoms in total. The van der Waals surface area contributed by atoms with Gasteiger partial charge in [-0.2, -0.15) is 0 Å². The third kappa shape index (κ3) is 9.52. The maximum atomic E-state index is 11.7.